The quantitative estimate of drug-likeness (QED) is 0.830. The number of carboxylic acid groups (broad SMARTS) is 1. The van der Waals surface area contributed by atoms with Crippen molar-refractivity contribution in [2.24, 2.45) is 0 Å². The highest BCUT2D eigenvalue weighted by Gasteiger charge is 2.16. The van der Waals surface area contributed by atoms with Gasteiger partial charge in [0.2, 0.25) is 5.91 Å². The van der Waals surface area contributed by atoms with E-state index in [1.807, 2.05) is 0 Å². The summed E-state index contributed by atoms with van der Waals surface area (Å²) in [5, 5.41) is 13.4. The monoisotopic (exact) mass is 367 g/mol. The Kier molecular flexibility index (Phi) is 5.10. The Morgan fingerprint density at radius 2 is 1.71 bits per heavy atom. The SMILES string of the molecule is CC(=O)Nc1ccc(S(=O)(=O)Nc2cc(C(=O)[O-])ccc2Cl)cc1. The number of amides is 1. The van der Waals surface area contributed by atoms with Gasteiger partial charge in [0.05, 0.1) is 21.6 Å². The number of hydrogen-bond donors (Lipinski definition) is 2. The van der Waals surface area contributed by atoms with Crippen molar-refractivity contribution in [3.63, 3.8) is 0 Å². The molecule has 0 aliphatic rings. The van der Waals surface area contributed by atoms with Crippen LogP contribution in [0.25, 0.3) is 0 Å². The number of hydrogen-bond acceptors (Lipinski definition) is 5. The Morgan fingerprint density at radius 1 is 1.08 bits per heavy atom. The van der Waals surface area contributed by atoms with E-state index in [2.05, 4.69) is 10.0 Å². The van der Waals surface area contributed by atoms with Crippen LogP contribution in [0.5, 0.6) is 0 Å². The van der Waals surface area contributed by atoms with Crippen molar-refractivity contribution >= 4 is 44.9 Å². The first-order valence-electron chi connectivity index (χ1n) is 6.60. The highest BCUT2D eigenvalue weighted by Crippen LogP contribution is 2.26. The van der Waals surface area contributed by atoms with Crippen LogP contribution in [-0.4, -0.2) is 20.3 Å². The van der Waals surface area contributed by atoms with Gasteiger partial charge in [0.1, 0.15) is 0 Å². The van der Waals surface area contributed by atoms with Gasteiger partial charge < -0.3 is 15.2 Å². The summed E-state index contributed by atoms with van der Waals surface area (Å²) >= 11 is 5.89. The van der Waals surface area contributed by atoms with E-state index in [-0.39, 0.29) is 27.1 Å². The number of carboxylic acids is 1. The molecule has 24 heavy (non-hydrogen) atoms. The molecule has 7 nitrogen and oxygen atoms in total. The van der Waals surface area contributed by atoms with Crippen LogP contribution in [0.1, 0.15) is 17.3 Å². The average Bonchev–Trinajstić information content (AvgIpc) is 2.49. The lowest BCUT2D eigenvalue weighted by Gasteiger charge is -2.12. The third-order valence-electron chi connectivity index (χ3n) is 2.93. The number of carbonyl (C=O) groups is 2. The van der Waals surface area contributed by atoms with Gasteiger partial charge in [0.25, 0.3) is 10.0 Å². The highest BCUT2D eigenvalue weighted by atomic mass is 35.5. The molecule has 0 saturated heterocycles. The number of carbonyl (C=O) groups excluding carboxylic acids is 2. The fraction of sp³-hybridized carbons (Fsp3) is 0.0667. The van der Waals surface area contributed by atoms with Crippen molar-refractivity contribution in [2.45, 2.75) is 11.8 Å². The second-order valence-electron chi connectivity index (χ2n) is 4.79. The molecule has 126 valence electrons. The summed E-state index contributed by atoms with van der Waals surface area (Å²) in [6.45, 7) is 1.33. The van der Waals surface area contributed by atoms with E-state index in [1.54, 1.807) is 0 Å². The van der Waals surface area contributed by atoms with Crippen molar-refractivity contribution in [3.8, 4) is 0 Å². The van der Waals surface area contributed by atoms with Crippen LogP contribution in [-0.2, 0) is 14.8 Å². The zero-order valence-corrected chi connectivity index (χ0v) is 13.9. The Morgan fingerprint density at radius 3 is 2.25 bits per heavy atom. The molecule has 2 N–H and O–H groups in total. The molecule has 0 radical (unpaired) electrons. The maximum absolute atomic E-state index is 12.3. The molecule has 2 aromatic carbocycles. The van der Waals surface area contributed by atoms with Gasteiger partial charge in [-0.2, -0.15) is 0 Å². The van der Waals surface area contributed by atoms with Gasteiger partial charge in [-0.15, -0.1) is 0 Å². The van der Waals surface area contributed by atoms with E-state index in [4.69, 9.17) is 11.6 Å². The van der Waals surface area contributed by atoms with Gasteiger partial charge >= 0.3 is 0 Å². The first kappa shape index (κ1) is 17.8. The summed E-state index contributed by atoms with van der Waals surface area (Å²) in [6.07, 6.45) is 0. The predicted molar refractivity (Wildman–Crippen MR) is 87.3 cm³/mol. The molecule has 0 fully saturated rings. The van der Waals surface area contributed by atoms with Gasteiger partial charge in [-0.3, -0.25) is 9.52 Å². The average molecular weight is 368 g/mol. The molecule has 2 aromatic rings. The Labute approximate surface area is 143 Å². The predicted octanol–water partition coefficient (Wildman–Crippen LogP) is 1.46. The summed E-state index contributed by atoms with van der Waals surface area (Å²) in [5.41, 5.74) is 0.154. The summed E-state index contributed by atoms with van der Waals surface area (Å²) in [4.78, 5) is 21.7. The van der Waals surface area contributed by atoms with Crippen molar-refractivity contribution in [2.75, 3.05) is 10.0 Å². The van der Waals surface area contributed by atoms with Gasteiger partial charge in [-0.1, -0.05) is 17.7 Å². The molecule has 0 heterocycles. The third-order valence-corrected chi connectivity index (χ3v) is 4.64. The Bertz CT molecular complexity index is 895. The number of aromatic carboxylic acids is 1. The standard InChI is InChI=1S/C15H13ClN2O5S/c1-9(19)17-11-3-5-12(6-4-11)24(22,23)18-14-8-10(15(20)21)2-7-13(14)16/h2-8,18H,1H3,(H,17,19)(H,20,21)/p-1. The van der Waals surface area contributed by atoms with E-state index in [0.717, 1.165) is 6.07 Å². The molecule has 0 unspecified atom stereocenters. The zero-order chi connectivity index (χ0) is 17.9. The summed E-state index contributed by atoms with van der Waals surface area (Å²) in [5.74, 6) is -1.73. The van der Waals surface area contributed by atoms with Crippen LogP contribution in [0, 0.1) is 0 Å². The summed E-state index contributed by atoms with van der Waals surface area (Å²) in [6, 6.07) is 8.97. The molecular weight excluding hydrogens is 356 g/mol. The molecule has 9 heteroatoms. The normalized spacial score (nSPS) is 10.9. The molecule has 0 aliphatic heterocycles. The molecule has 0 aliphatic carbocycles. The van der Waals surface area contributed by atoms with E-state index in [1.165, 1.54) is 43.3 Å². The van der Waals surface area contributed by atoms with Crippen molar-refractivity contribution in [1.29, 1.82) is 0 Å². The molecule has 0 aromatic heterocycles. The van der Waals surface area contributed by atoms with E-state index < -0.39 is 16.0 Å². The number of anilines is 2. The topological polar surface area (TPSA) is 115 Å². The van der Waals surface area contributed by atoms with E-state index in [0.29, 0.717) is 5.69 Å². The van der Waals surface area contributed by atoms with Crippen LogP contribution < -0.4 is 15.1 Å². The minimum atomic E-state index is -3.98. The first-order chi connectivity index (χ1) is 11.2. The summed E-state index contributed by atoms with van der Waals surface area (Å²) in [7, 11) is -3.98. The van der Waals surface area contributed by atoms with Crippen molar-refractivity contribution in [1.82, 2.24) is 0 Å². The van der Waals surface area contributed by atoms with Gasteiger partial charge in [-0.25, -0.2) is 8.42 Å². The third kappa shape index (κ3) is 4.24. The number of nitrogens with one attached hydrogen (secondary N) is 2. The largest absolute Gasteiger partial charge is 0.545 e. The second-order valence-corrected chi connectivity index (χ2v) is 6.88. The first-order valence-corrected chi connectivity index (χ1v) is 8.46. The number of benzene rings is 2. The number of sulfonamides is 1. The van der Waals surface area contributed by atoms with Crippen LogP contribution in [0.3, 0.4) is 0 Å². The van der Waals surface area contributed by atoms with Crippen LogP contribution in [0.4, 0.5) is 11.4 Å². The Hall–Kier alpha value is -2.58. The van der Waals surface area contributed by atoms with Crippen molar-refractivity contribution < 1.29 is 23.1 Å². The molecular formula is C15H12ClN2O5S-. The number of halogens is 1. The Balaban J connectivity index is 2.30. The molecule has 0 atom stereocenters. The van der Waals surface area contributed by atoms with Crippen LogP contribution >= 0.6 is 11.6 Å². The van der Waals surface area contributed by atoms with Crippen LogP contribution in [0.2, 0.25) is 5.02 Å². The fourth-order valence-electron chi connectivity index (χ4n) is 1.85. The molecule has 0 saturated carbocycles. The smallest absolute Gasteiger partial charge is 0.261 e. The fourth-order valence-corrected chi connectivity index (χ4v) is 3.15. The maximum atomic E-state index is 12.3. The van der Waals surface area contributed by atoms with E-state index >= 15 is 0 Å². The summed E-state index contributed by atoms with van der Waals surface area (Å²) < 4.78 is 26.9. The van der Waals surface area contributed by atoms with Gasteiger partial charge in [0.15, 0.2) is 0 Å². The molecule has 2 rings (SSSR count). The number of rotatable bonds is 5. The van der Waals surface area contributed by atoms with Crippen molar-refractivity contribution in [3.05, 3.63) is 53.1 Å². The zero-order valence-electron chi connectivity index (χ0n) is 12.4. The minimum Gasteiger partial charge on any atom is -0.545 e. The lowest BCUT2D eigenvalue weighted by molar-refractivity contribution is -0.255. The second kappa shape index (κ2) is 6.90. The van der Waals surface area contributed by atoms with Crippen LogP contribution in [0.15, 0.2) is 47.4 Å². The van der Waals surface area contributed by atoms with Gasteiger partial charge in [0, 0.05) is 12.6 Å². The highest BCUT2D eigenvalue weighted by molar-refractivity contribution is 7.92. The lowest BCUT2D eigenvalue weighted by atomic mass is 10.2. The maximum Gasteiger partial charge on any atom is 0.261 e. The van der Waals surface area contributed by atoms with Gasteiger partial charge in [-0.05, 0) is 42.0 Å². The molecule has 1 amide bonds. The van der Waals surface area contributed by atoms with E-state index in [9.17, 15) is 23.1 Å². The minimum absolute atomic E-state index is 0.0402. The lowest BCUT2D eigenvalue weighted by Crippen LogP contribution is -2.22. The molecule has 0 bridgehead atoms. The molecule has 0 spiro atoms.